The lowest BCUT2D eigenvalue weighted by Crippen LogP contribution is -2.30. The second-order valence-electron chi connectivity index (χ2n) is 20.2. The molecular weight excluding hydrogens is 865 g/mol. The van der Waals surface area contributed by atoms with Crippen LogP contribution in [0.15, 0.2) is 60.8 Å². The van der Waals surface area contributed by atoms with Crippen molar-refractivity contribution in [1.29, 1.82) is 0 Å². The summed E-state index contributed by atoms with van der Waals surface area (Å²) in [4.78, 5) is 38.2. The molecule has 1 atom stereocenters. The van der Waals surface area contributed by atoms with Gasteiger partial charge >= 0.3 is 17.9 Å². The van der Waals surface area contributed by atoms with E-state index >= 15 is 0 Å². The van der Waals surface area contributed by atoms with Crippen LogP contribution in [-0.2, 0) is 28.6 Å². The van der Waals surface area contributed by atoms with Crippen molar-refractivity contribution in [3.8, 4) is 0 Å². The van der Waals surface area contributed by atoms with E-state index in [-0.39, 0.29) is 31.1 Å². The van der Waals surface area contributed by atoms with Gasteiger partial charge in [0, 0.05) is 19.3 Å². The van der Waals surface area contributed by atoms with Crippen molar-refractivity contribution in [1.82, 2.24) is 0 Å². The number of carbonyl (C=O) groups is 3. The topological polar surface area (TPSA) is 78.9 Å². The molecule has 0 radical (unpaired) electrons. The van der Waals surface area contributed by atoms with Gasteiger partial charge in [0.1, 0.15) is 13.2 Å². The van der Waals surface area contributed by atoms with E-state index in [0.29, 0.717) is 19.3 Å². The molecule has 0 saturated heterocycles. The monoisotopic (exact) mass is 979 g/mol. The molecule has 0 aromatic heterocycles. The van der Waals surface area contributed by atoms with Gasteiger partial charge in [-0.15, -0.1) is 0 Å². The smallest absolute Gasteiger partial charge is 0.306 e. The van der Waals surface area contributed by atoms with Crippen LogP contribution in [0.5, 0.6) is 0 Å². The molecule has 6 nitrogen and oxygen atoms in total. The van der Waals surface area contributed by atoms with Crippen LogP contribution >= 0.6 is 0 Å². The molecule has 0 fully saturated rings. The van der Waals surface area contributed by atoms with Crippen LogP contribution < -0.4 is 0 Å². The lowest BCUT2D eigenvalue weighted by atomic mass is 10.0. The summed E-state index contributed by atoms with van der Waals surface area (Å²) in [5.74, 6) is -0.870. The molecule has 0 bridgehead atoms. The molecule has 0 heterocycles. The molecular formula is C64H114O6. The fraction of sp³-hybridized carbons (Fsp3) is 0.797. The Bertz CT molecular complexity index is 1260. The lowest BCUT2D eigenvalue weighted by Gasteiger charge is -2.18. The minimum atomic E-state index is -0.775. The molecule has 0 aliphatic carbocycles. The van der Waals surface area contributed by atoms with Gasteiger partial charge in [0.25, 0.3) is 0 Å². The summed E-state index contributed by atoms with van der Waals surface area (Å²) in [6.45, 7) is 6.54. The highest BCUT2D eigenvalue weighted by Crippen LogP contribution is 2.17. The third kappa shape index (κ3) is 56.0. The fourth-order valence-electron chi connectivity index (χ4n) is 8.72. The zero-order valence-corrected chi connectivity index (χ0v) is 46.5. The molecule has 0 aromatic carbocycles. The van der Waals surface area contributed by atoms with E-state index in [1.165, 1.54) is 180 Å². The van der Waals surface area contributed by atoms with Gasteiger partial charge in [-0.1, -0.05) is 268 Å². The van der Waals surface area contributed by atoms with Crippen LogP contribution in [0.1, 0.15) is 310 Å². The zero-order chi connectivity index (χ0) is 50.7. The second-order valence-corrected chi connectivity index (χ2v) is 20.2. The van der Waals surface area contributed by atoms with Crippen molar-refractivity contribution >= 4 is 17.9 Å². The molecule has 6 heteroatoms. The summed E-state index contributed by atoms with van der Waals surface area (Å²) >= 11 is 0. The van der Waals surface area contributed by atoms with E-state index in [4.69, 9.17) is 14.2 Å². The fourth-order valence-corrected chi connectivity index (χ4v) is 8.72. The zero-order valence-electron chi connectivity index (χ0n) is 46.5. The third-order valence-corrected chi connectivity index (χ3v) is 13.3. The van der Waals surface area contributed by atoms with E-state index in [1.807, 2.05) is 0 Å². The number of ether oxygens (including phenoxy) is 3. The Morgan fingerprint density at radius 3 is 0.900 bits per heavy atom. The molecule has 406 valence electrons. The Kier molecular flexibility index (Phi) is 56.3. The number of allylic oxidation sites excluding steroid dienone is 10. The maximum absolute atomic E-state index is 12.9. The number of unbranched alkanes of at least 4 members (excludes halogenated alkanes) is 34. The predicted molar refractivity (Wildman–Crippen MR) is 302 cm³/mol. The van der Waals surface area contributed by atoms with Gasteiger partial charge in [-0.05, 0) is 83.5 Å². The minimum Gasteiger partial charge on any atom is -0.462 e. The van der Waals surface area contributed by atoms with Gasteiger partial charge in [-0.3, -0.25) is 14.4 Å². The van der Waals surface area contributed by atoms with Crippen LogP contribution in [-0.4, -0.2) is 37.2 Å². The quantitative estimate of drug-likeness (QED) is 0.0261. The van der Waals surface area contributed by atoms with Gasteiger partial charge in [0.2, 0.25) is 0 Å². The first kappa shape index (κ1) is 67.1. The van der Waals surface area contributed by atoms with Gasteiger partial charge in [0.05, 0.1) is 0 Å². The summed E-state index contributed by atoms with van der Waals surface area (Å²) in [5.41, 5.74) is 0. The second kappa shape index (κ2) is 58.7. The molecule has 1 unspecified atom stereocenters. The Balaban J connectivity index is 4.26. The van der Waals surface area contributed by atoms with Crippen molar-refractivity contribution in [3.05, 3.63) is 60.8 Å². The summed E-state index contributed by atoms with van der Waals surface area (Å²) in [7, 11) is 0. The highest BCUT2D eigenvalue weighted by atomic mass is 16.6. The van der Waals surface area contributed by atoms with Crippen LogP contribution in [0.25, 0.3) is 0 Å². The first-order chi connectivity index (χ1) is 34.5. The molecule has 70 heavy (non-hydrogen) atoms. The maximum Gasteiger partial charge on any atom is 0.306 e. The average Bonchev–Trinajstić information content (AvgIpc) is 3.36. The van der Waals surface area contributed by atoms with Crippen molar-refractivity contribution in [2.75, 3.05) is 13.2 Å². The van der Waals surface area contributed by atoms with Crippen LogP contribution in [0.3, 0.4) is 0 Å². The number of hydrogen-bond acceptors (Lipinski definition) is 6. The van der Waals surface area contributed by atoms with E-state index in [2.05, 4.69) is 81.5 Å². The standard InChI is InChI=1S/C64H114O6/c1-4-7-10-13-16-19-22-25-27-28-29-30-31-32-33-34-35-36-37-40-42-45-48-51-54-57-63(66)69-60-61(59-68-62(65)56-53-50-47-44-41-38-24-21-18-15-12-9-6-3)70-64(67)58-55-52-49-46-43-39-26-23-20-17-14-11-8-5-2/h7,10,16,19,21,24-25,27,29-30,61H,4-6,8-9,11-15,17-18,20,22-23,26,28,31-60H2,1-3H3/b10-7-,19-16-,24-21-,27-25-,30-29-. The van der Waals surface area contributed by atoms with Gasteiger partial charge < -0.3 is 14.2 Å². The Morgan fingerprint density at radius 2 is 0.557 bits per heavy atom. The first-order valence-corrected chi connectivity index (χ1v) is 30.3. The van der Waals surface area contributed by atoms with E-state index < -0.39 is 6.10 Å². The van der Waals surface area contributed by atoms with Crippen molar-refractivity contribution < 1.29 is 28.6 Å². The van der Waals surface area contributed by atoms with E-state index in [1.54, 1.807) is 0 Å². The number of rotatable bonds is 55. The molecule has 0 saturated carbocycles. The molecule has 0 spiro atoms. The lowest BCUT2D eigenvalue weighted by molar-refractivity contribution is -0.167. The highest BCUT2D eigenvalue weighted by molar-refractivity contribution is 5.71. The maximum atomic E-state index is 12.9. The first-order valence-electron chi connectivity index (χ1n) is 30.3. The van der Waals surface area contributed by atoms with Crippen LogP contribution in [0.4, 0.5) is 0 Å². The highest BCUT2D eigenvalue weighted by Gasteiger charge is 2.19. The molecule has 0 aliphatic heterocycles. The van der Waals surface area contributed by atoms with Crippen molar-refractivity contribution in [2.45, 2.75) is 316 Å². The third-order valence-electron chi connectivity index (χ3n) is 13.3. The number of carbonyl (C=O) groups excluding carboxylic acids is 3. The summed E-state index contributed by atoms with van der Waals surface area (Å²) < 4.78 is 16.9. The van der Waals surface area contributed by atoms with Gasteiger partial charge in [-0.25, -0.2) is 0 Å². The predicted octanol–water partition coefficient (Wildman–Crippen LogP) is 20.4. The molecule has 0 aliphatic rings. The van der Waals surface area contributed by atoms with E-state index in [0.717, 1.165) is 89.9 Å². The molecule has 0 rings (SSSR count). The largest absolute Gasteiger partial charge is 0.462 e. The summed E-state index contributed by atoms with van der Waals surface area (Å²) in [6, 6.07) is 0. The SMILES string of the molecule is CC/C=C\C/C=C\C/C=C\C/C=C\CCCCCCCCCCCCCCC(=O)OCC(COC(=O)CCCCCCC/C=C\CCCCCC)OC(=O)CCCCCCCCCCCCCCCC. The Hall–Kier alpha value is -2.89. The normalized spacial score (nSPS) is 12.4. The van der Waals surface area contributed by atoms with E-state index in [9.17, 15) is 14.4 Å². The molecule has 0 amide bonds. The van der Waals surface area contributed by atoms with Crippen molar-refractivity contribution in [3.63, 3.8) is 0 Å². The van der Waals surface area contributed by atoms with Gasteiger partial charge in [0.15, 0.2) is 6.10 Å². The number of hydrogen-bond donors (Lipinski definition) is 0. The van der Waals surface area contributed by atoms with Gasteiger partial charge in [-0.2, -0.15) is 0 Å². The summed E-state index contributed by atoms with van der Waals surface area (Å²) in [5, 5.41) is 0. The van der Waals surface area contributed by atoms with Crippen LogP contribution in [0, 0.1) is 0 Å². The number of esters is 3. The molecule has 0 N–H and O–H groups in total. The average molecular weight is 980 g/mol. The Morgan fingerprint density at radius 1 is 0.300 bits per heavy atom. The van der Waals surface area contributed by atoms with Crippen molar-refractivity contribution in [2.24, 2.45) is 0 Å². The summed E-state index contributed by atoms with van der Waals surface area (Å²) in [6.07, 6.45) is 73.6. The molecule has 0 aromatic rings. The van der Waals surface area contributed by atoms with Crippen LogP contribution in [0.2, 0.25) is 0 Å². The Labute approximate surface area is 434 Å². The minimum absolute atomic E-state index is 0.0743.